The molecule has 2 fully saturated rings. The van der Waals surface area contributed by atoms with E-state index < -0.39 is 41.4 Å². The Hall–Kier alpha value is -2.92. The molecule has 41 heavy (non-hydrogen) atoms. The highest BCUT2D eigenvalue weighted by molar-refractivity contribution is 6.34. The van der Waals surface area contributed by atoms with Crippen LogP contribution in [0, 0.1) is 0 Å². The number of hydrogen-bond donors (Lipinski definition) is 2. The molecule has 2 saturated heterocycles. The van der Waals surface area contributed by atoms with Crippen molar-refractivity contribution in [2.24, 2.45) is 0 Å². The van der Waals surface area contributed by atoms with Gasteiger partial charge in [0.1, 0.15) is 35.6 Å². The third kappa shape index (κ3) is 10.5. The van der Waals surface area contributed by atoms with Gasteiger partial charge in [-0.3, -0.25) is 14.5 Å². The number of piperidine rings is 1. The first-order valence-corrected chi connectivity index (χ1v) is 14.4. The standard InChI is InChI=1S/C28H40Cl2N4O7/c1-27(2,3)40-25(37)31-15-23(35)32-19-14-22(34(16-19)26(38)41-28(4,5)6)24(36)33-9-7-20(8-10-33)39-21-12-17(29)11-18(30)13-21/h11-13,19-20,22H,7-10,14-16H2,1-6H3,(H,31,37)(H,32,35)/t19-,22+/m1/s1. The molecule has 0 bridgehead atoms. The third-order valence-electron chi connectivity index (χ3n) is 6.26. The van der Waals surface area contributed by atoms with Crippen molar-refractivity contribution in [3.8, 4) is 5.75 Å². The quantitative estimate of drug-likeness (QED) is 0.487. The highest BCUT2D eigenvalue weighted by atomic mass is 35.5. The van der Waals surface area contributed by atoms with E-state index in [-0.39, 0.29) is 31.5 Å². The lowest BCUT2D eigenvalue weighted by atomic mass is 10.0. The van der Waals surface area contributed by atoms with E-state index in [0.717, 1.165) is 0 Å². The maximum Gasteiger partial charge on any atom is 0.411 e. The number of nitrogens with one attached hydrogen (secondary N) is 2. The molecule has 2 aliphatic heterocycles. The molecule has 0 aliphatic carbocycles. The Bertz CT molecular complexity index is 1110. The maximum atomic E-state index is 13.6. The monoisotopic (exact) mass is 614 g/mol. The number of ether oxygens (including phenoxy) is 3. The van der Waals surface area contributed by atoms with Gasteiger partial charge in [-0.25, -0.2) is 9.59 Å². The number of likely N-dealkylation sites (tertiary alicyclic amines) is 2. The number of halogens is 2. The first-order valence-electron chi connectivity index (χ1n) is 13.7. The van der Waals surface area contributed by atoms with Crippen LogP contribution in [0.3, 0.4) is 0 Å². The normalized spacial score (nSPS) is 19.9. The fraction of sp³-hybridized carbons (Fsp3) is 0.643. The Morgan fingerprint density at radius 1 is 0.927 bits per heavy atom. The van der Waals surface area contributed by atoms with Crippen LogP contribution in [-0.2, 0) is 19.1 Å². The number of benzene rings is 1. The molecule has 228 valence electrons. The third-order valence-corrected chi connectivity index (χ3v) is 6.70. The van der Waals surface area contributed by atoms with Crippen molar-refractivity contribution in [2.45, 2.75) is 90.2 Å². The van der Waals surface area contributed by atoms with Crippen molar-refractivity contribution in [3.05, 3.63) is 28.2 Å². The van der Waals surface area contributed by atoms with Crippen molar-refractivity contribution in [3.63, 3.8) is 0 Å². The highest BCUT2D eigenvalue weighted by Gasteiger charge is 2.44. The highest BCUT2D eigenvalue weighted by Crippen LogP contribution is 2.28. The SMILES string of the molecule is CC(C)(C)OC(=O)NCC(=O)N[C@@H]1C[C@@H](C(=O)N2CCC(Oc3cc(Cl)cc(Cl)c3)CC2)N(C(=O)OC(C)(C)C)C1. The minimum absolute atomic E-state index is 0.0958. The van der Waals surface area contributed by atoms with Crippen molar-refractivity contribution in [1.29, 1.82) is 0 Å². The van der Waals surface area contributed by atoms with Crippen LogP contribution in [0.25, 0.3) is 0 Å². The van der Waals surface area contributed by atoms with Crippen LogP contribution < -0.4 is 15.4 Å². The van der Waals surface area contributed by atoms with Gasteiger partial charge in [0.2, 0.25) is 11.8 Å². The van der Waals surface area contributed by atoms with Crippen molar-refractivity contribution < 1.29 is 33.4 Å². The molecule has 4 amide bonds. The smallest absolute Gasteiger partial charge is 0.411 e. The summed E-state index contributed by atoms with van der Waals surface area (Å²) in [6.07, 6.45) is -0.0717. The summed E-state index contributed by atoms with van der Waals surface area (Å²) in [5.74, 6) is -0.111. The van der Waals surface area contributed by atoms with E-state index in [0.29, 0.717) is 41.7 Å². The lowest BCUT2D eigenvalue weighted by molar-refractivity contribution is -0.137. The lowest BCUT2D eigenvalue weighted by Gasteiger charge is -2.35. The maximum absolute atomic E-state index is 13.6. The van der Waals surface area contributed by atoms with E-state index in [1.54, 1.807) is 64.6 Å². The van der Waals surface area contributed by atoms with Crippen LogP contribution in [0.4, 0.5) is 9.59 Å². The average molecular weight is 616 g/mol. The van der Waals surface area contributed by atoms with Gasteiger partial charge in [0.25, 0.3) is 0 Å². The van der Waals surface area contributed by atoms with Gasteiger partial charge in [-0.2, -0.15) is 0 Å². The van der Waals surface area contributed by atoms with Crippen LogP contribution in [-0.4, -0.2) is 89.4 Å². The predicted molar refractivity (Wildman–Crippen MR) is 154 cm³/mol. The van der Waals surface area contributed by atoms with E-state index in [9.17, 15) is 19.2 Å². The second-order valence-corrected chi connectivity index (χ2v) is 13.1. The molecule has 13 heteroatoms. The van der Waals surface area contributed by atoms with E-state index in [1.165, 1.54) is 4.90 Å². The zero-order valence-electron chi connectivity index (χ0n) is 24.4. The summed E-state index contributed by atoms with van der Waals surface area (Å²) in [6, 6.07) is 3.71. The molecule has 2 atom stereocenters. The van der Waals surface area contributed by atoms with Crippen LogP contribution in [0.2, 0.25) is 10.0 Å². The summed E-state index contributed by atoms with van der Waals surface area (Å²) in [7, 11) is 0. The molecule has 3 rings (SSSR count). The second-order valence-electron chi connectivity index (χ2n) is 12.3. The summed E-state index contributed by atoms with van der Waals surface area (Å²) >= 11 is 12.1. The van der Waals surface area contributed by atoms with Crippen LogP contribution >= 0.6 is 23.2 Å². The molecule has 0 aromatic heterocycles. The molecule has 0 unspecified atom stereocenters. The van der Waals surface area contributed by atoms with Crippen molar-refractivity contribution >= 4 is 47.2 Å². The van der Waals surface area contributed by atoms with E-state index in [1.807, 2.05) is 0 Å². The number of carbonyl (C=O) groups is 4. The molecule has 2 N–H and O–H groups in total. The van der Waals surface area contributed by atoms with Crippen LogP contribution in [0.15, 0.2) is 18.2 Å². The number of alkyl carbamates (subject to hydrolysis) is 1. The fourth-order valence-electron chi connectivity index (χ4n) is 4.64. The molecular formula is C28H40Cl2N4O7. The zero-order chi connectivity index (χ0) is 30.5. The van der Waals surface area contributed by atoms with Gasteiger partial charge >= 0.3 is 12.2 Å². The first-order chi connectivity index (χ1) is 19.0. The molecule has 0 radical (unpaired) electrons. The summed E-state index contributed by atoms with van der Waals surface area (Å²) < 4.78 is 16.7. The molecule has 2 heterocycles. The van der Waals surface area contributed by atoms with Crippen molar-refractivity contribution in [2.75, 3.05) is 26.2 Å². The lowest BCUT2D eigenvalue weighted by Crippen LogP contribution is -2.51. The fourth-order valence-corrected chi connectivity index (χ4v) is 5.14. The Kier molecular flexibility index (Phi) is 10.6. The van der Waals surface area contributed by atoms with Crippen molar-refractivity contribution in [1.82, 2.24) is 20.4 Å². The number of amides is 4. The number of carbonyl (C=O) groups excluding carboxylic acids is 4. The average Bonchev–Trinajstić information content (AvgIpc) is 3.24. The van der Waals surface area contributed by atoms with E-state index in [4.69, 9.17) is 37.4 Å². The van der Waals surface area contributed by atoms with Gasteiger partial charge in [-0.1, -0.05) is 23.2 Å². The molecule has 2 aliphatic rings. The van der Waals surface area contributed by atoms with Gasteiger partial charge in [0.15, 0.2) is 0 Å². The Labute approximate surface area is 251 Å². The summed E-state index contributed by atoms with van der Waals surface area (Å²) in [5.41, 5.74) is -1.46. The van der Waals surface area contributed by atoms with Gasteiger partial charge in [0, 0.05) is 48.6 Å². The van der Waals surface area contributed by atoms with Gasteiger partial charge < -0.3 is 29.7 Å². The molecule has 0 saturated carbocycles. The second kappa shape index (κ2) is 13.4. The zero-order valence-corrected chi connectivity index (χ0v) is 25.9. The van der Waals surface area contributed by atoms with Gasteiger partial charge in [-0.15, -0.1) is 0 Å². The Morgan fingerprint density at radius 2 is 1.51 bits per heavy atom. The van der Waals surface area contributed by atoms with Crippen LogP contribution in [0.5, 0.6) is 5.75 Å². The summed E-state index contributed by atoms with van der Waals surface area (Å²) in [6.45, 7) is 11.1. The number of rotatable bonds is 6. The van der Waals surface area contributed by atoms with E-state index >= 15 is 0 Å². The van der Waals surface area contributed by atoms with E-state index in [2.05, 4.69) is 10.6 Å². The molecule has 1 aromatic carbocycles. The first kappa shape index (κ1) is 32.6. The molecular weight excluding hydrogens is 575 g/mol. The van der Waals surface area contributed by atoms with Gasteiger partial charge in [-0.05, 0) is 66.2 Å². The minimum atomic E-state index is -0.807. The Morgan fingerprint density at radius 3 is 2.07 bits per heavy atom. The molecule has 1 aromatic rings. The topological polar surface area (TPSA) is 127 Å². The number of nitrogens with zero attached hydrogens (tertiary/aromatic N) is 2. The van der Waals surface area contributed by atoms with Crippen LogP contribution in [0.1, 0.15) is 60.8 Å². The molecule has 0 spiro atoms. The van der Waals surface area contributed by atoms with Gasteiger partial charge in [0.05, 0.1) is 0 Å². The minimum Gasteiger partial charge on any atom is -0.490 e. The molecule has 11 nitrogen and oxygen atoms in total. The summed E-state index contributed by atoms with van der Waals surface area (Å²) in [5, 5.41) is 6.17. The number of hydrogen-bond acceptors (Lipinski definition) is 7. The summed E-state index contributed by atoms with van der Waals surface area (Å²) in [4.78, 5) is 54.2. The Balaban J connectivity index is 1.60. The largest absolute Gasteiger partial charge is 0.490 e. The predicted octanol–water partition coefficient (Wildman–Crippen LogP) is 4.38.